The highest BCUT2D eigenvalue weighted by molar-refractivity contribution is 6.05. The van der Waals surface area contributed by atoms with Crippen LogP contribution in [0.15, 0.2) is 46.7 Å². The molecule has 1 aliphatic heterocycles. The van der Waals surface area contributed by atoms with Crippen LogP contribution in [-0.4, -0.2) is 22.3 Å². The highest BCUT2D eigenvalue weighted by Crippen LogP contribution is 2.37. The molecule has 0 amide bonds. The summed E-state index contributed by atoms with van der Waals surface area (Å²) < 4.78 is 5.88. The van der Waals surface area contributed by atoms with E-state index in [4.69, 9.17) is 9.73 Å². The lowest BCUT2D eigenvalue weighted by molar-refractivity contribution is 0.340. The number of aliphatic imine (C=N–C) groups is 1. The van der Waals surface area contributed by atoms with E-state index in [9.17, 15) is 0 Å². The first-order valence-electron chi connectivity index (χ1n) is 11.3. The number of ether oxygens (including phenoxy) is 1. The summed E-state index contributed by atoms with van der Waals surface area (Å²) in [6, 6.07) is 6.14. The maximum absolute atomic E-state index is 5.88. The Morgan fingerprint density at radius 1 is 1.21 bits per heavy atom. The third-order valence-corrected chi connectivity index (χ3v) is 6.00. The molecule has 0 saturated heterocycles. The summed E-state index contributed by atoms with van der Waals surface area (Å²) in [5, 5.41) is 0. The van der Waals surface area contributed by atoms with Gasteiger partial charge in [-0.2, -0.15) is 0 Å². The van der Waals surface area contributed by atoms with Crippen molar-refractivity contribution in [2.75, 3.05) is 6.61 Å². The third-order valence-electron chi connectivity index (χ3n) is 6.00. The van der Waals surface area contributed by atoms with Gasteiger partial charge in [0.2, 0.25) is 0 Å². The monoisotopic (exact) mass is 391 g/mol. The first-order valence-corrected chi connectivity index (χ1v) is 11.3. The molecule has 3 heterocycles. The van der Waals surface area contributed by atoms with E-state index in [1.165, 1.54) is 56.2 Å². The van der Waals surface area contributed by atoms with E-state index in [1.54, 1.807) is 0 Å². The SMILES string of the molecule is CCCCCCC1CCCC2=NC(=Cc3[nH]c(-c4ccc[nH]4)cc3OCC)C=C21. The molecule has 2 aliphatic rings. The summed E-state index contributed by atoms with van der Waals surface area (Å²) >= 11 is 0. The van der Waals surface area contributed by atoms with Crippen LogP contribution in [0.1, 0.15) is 70.9 Å². The van der Waals surface area contributed by atoms with Crippen molar-refractivity contribution in [3.05, 3.63) is 47.4 Å². The lowest BCUT2D eigenvalue weighted by Gasteiger charge is -2.24. The topological polar surface area (TPSA) is 53.2 Å². The predicted molar refractivity (Wildman–Crippen MR) is 121 cm³/mol. The van der Waals surface area contributed by atoms with Crippen LogP contribution < -0.4 is 4.74 Å². The normalized spacial score (nSPS) is 19.9. The van der Waals surface area contributed by atoms with Crippen LogP contribution in [-0.2, 0) is 0 Å². The van der Waals surface area contributed by atoms with Gasteiger partial charge in [0.1, 0.15) is 5.75 Å². The largest absolute Gasteiger partial charge is 0.492 e. The van der Waals surface area contributed by atoms with Gasteiger partial charge in [-0.05, 0) is 68.4 Å². The molecule has 1 fully saturated rings. The quantitative estimate of drug-likeness (QED) is 0.449. The van der Waals surface area contributed by atoms with Gasteiger partial charge >= 0.3 is 0 Å². The van der Waals surface area contributed by atoms with Crippen LogP contribution in [0.2, 0.25) is 0 Å². The van der Waals surface area contributed by atoms with Crippen LogP contribution in [0.3, 0.4) is 0 Å². The zero-order valence-electron chi connectivity index (χ0n) is 17.8. The second-order valence-corrected chi connectivity index (χ2v) is 8.14. The van der Waals surface area contributed by atoms with Crippen molar-refractivity contribution in [3.8, 4) is 17.1 Å². The van der Waals surface area contributed by atoms with E-state index in [2.05, 4.69) is 41.2 Å². The Hall–Kier alpha value is -2.49. The number of aromatic amines is 2. The highest BCUT2D eigenvalue weighted by Gasteiger charge is 2.27. The van der Waals surface area contributed by atoms with Crippen LogP contribution in [0, 0.1) is 5.92 Å². The summed E-state index contributed by atoms with van der Waals surface area (Å²) in [7, 11) is 0. The highest BCUT2D eigenvalue weighted by atomic mass is 16.5. The van der Waals surface area contributed by atoms with Gasteiger partial charge in [-0.1, -0.05) is 32.6 Å². The minimum absolute atomic E-state index is 0.646. The number of aromatic nitrogens is 2. The maximum Gasteiger partial charge on any atom is 0.144 e. The minimum Gasteiger partial charge on any atom is -0.492 e. The lowest BCUT2D eigenvalue weighted by Crippen LogP contribution is -2.17. The van der Waals surface area contributed by atoms with Crippen molar-refractivity contribution in [3.63, 3.8) is 0 Å². The van der Waals surface area contributed by atoms with Gasteiger partial charge in [0, 0.05) is 18.0 Å². The summed E-state index contributed by atoms with van der Waals surface area (Å²) in [5.41, 5.74) is 6.95. The Labute approximate surface area is 174 Å². The van der Waals surface area contributed by atoms with Crippen LogP contribution in [0.4, 0.5) is 0 Å². The van der Waals surface area contributed by atoms with E-state index in [0.29, 0.717) is 12.5 Å². The molecule has 29 heavy (non-hydrogen) atoms. The Kier molecular flexibility index (Phi) is 6.38. The second-order valence-electron chi connectivity index (χ2n) is 8.14. The van der Waals surface area contributed by atoms with E-state index in [1.807, 2.05) is 19.2 Å². The van der Waals surface area contributed by atoms with Crippen molar-refractivity contribution in [2.45, 2.75) is 65.2 Å². The van der Waals surface area contributed by atoms with Gasteiger partial charge in [-0.15, -0.1) is 0 Å². The molecule has 2 aromatic rings. The lowest BCUT2D eigenvalue weighted by atomic mass is 9.80. The fraction of sp³-hybridized carbons (Fsp3) is 0.480. The number of H-pyrrole nitrogens is 2. The van der Waals surface area contributed by atoms with Gasteiger partial charge in [0.25, 0.3) is 0 Å². The molecule has 0 aromatic carbocycles. The van der Waals surface area contributed by atoms with Crippen molar-refractivity contribution in [2.24, 2.45) is 10.9 Å². The molecule has 154 valence electrons. The zero-order valence-corrected chi connectivity index (χ0v) is 17.8. The Balaban J connectivity index is 1.55. The molecule has 2 aromatic heterocycles. The number of hydrogen-bond acceptors (Lipinski definition) is 2. The molecule has 0 radical (unpaired) electrons. The molecule has 0 bridgehead atoms. The van der Waals surface area contributed by atoms with Crippen LogP contribution >= 0.6 is 0 Å². The maximum atomic E-state index is 5.88. The zero-order chi connectivity index (χ0) is 20.1. The number of nitrogens with zero attached hydrogens (tertiary/aromatic N) is 1. The number of nitrogens with one attached hydrogen (secondary N) is 2. The average molecular weight is 392 g/mol. The van der Waals surface area contributed by atoms with Crippen molar-refractivity contribution < 1.29 is 4.74 Å². The van der Waals surface area contributed by atoms with Gasteiger partial charge in [0.05, 0.1) is 29.4 Å². The summed E-state index contributed by atoms with van der Waals surface area (Å²) in [6.07, 6.45) is 16.8. The second kappa shape index (κ2) is 9.34. The first kappa shape index (κ1) is 19.8. The summed E-state index contributed by atoms with van der Waals surface area (Å²) in [6.45, 7) is 4.95. The third kappa shape index (κ3) is 4.58. The van der Waals surface area contributed by atoms with E-state index >= 15 is 0 Å². The molecule has 1 saturated carbocycles. The van der Waals surface area contributed by atoms with E-state index in [0.717, 1.165) is 34.9 Å². The summed E-state index contributed by atoms with van der Waals surface area (Å²) in [4.78, 5) is 11.7. The minimum atomic E-state index is 0.646. The molecular weight excluding hydrogens is 358 g/mol. The number of fused-ring (bicyclic) bond motifs is 1. The van der Waals surface area contributed by atoms with Gasteiger partial charge in [-0.3, -0.25) is 4.99 Å². The molecular formula is C25H33N3O. The van der Waals surface area contributed by atoms with Crippen LogP contribution in [0.25, 0.3) is 17.5 Å². The van der Waals surface area contributed by atoms with E-state index in [-0.39, 0.29) is 0 Å². The fourth-order valence-electron chi connectivity index (χ4n) is 4.54. The van der Waals surface area contributed by atoms with Crippen LogP contribution in [0.5, 0.6) is 5.75 Å². The molecule has 1 atom stereocenters. The molecule has 2 N–H and O–H groups in total. The smallest absolute Gasteiger partial charge is 0.144 e. The van der Waals surface area contributed by atoms with Crippen molar-refractivity contribution in [1.29, 1.82) is 0 Å². The molecule has 1 aliphatic carbocycles. The van der Waals surface area contributed by atoms with E-state index < -0.39 is 0 Å². The molecule has 4 heteroatoms. The van der Waals surface area contributed by atoms with Gasteiger partial charge in [-0.25, -0.2) is 0 Å². The number of hydrogen-bond donors (Lipinski definition) is 2. The molecule has 0 spiro atoms. The molecule has 1 unspecified atom stereocenters. The molecule has 4 nitrogen and oxygen atoms in total. The molecule has 4 rings (SSSR count). The van der Waals surface area contributed by atoms with Crippen molar-refractivity contribution in [1.82, 2.24) is 9.97 Å². The fourth-order valence-corrected chi connectivity index (χ4v) is 4.54. The predicted octanol–water partition coefficient (Wildman–Crippen LogP) is 6.90. The van der Waals surface area contributed by atoms with Gasteiger partial charge < -0.3 is 14.7 Å². The van der Waals surface area contributed by atoms with Crippen molar-refractivity contribution >= 4 is 11.8 Å². The summed E-state index contributed by atoms with van der Waals surface area (Å²) in [5.74, 6) is 1.57. The number of unbranched alkanes of at least 4 members (excludes halogenated alkanes) is 3. The Morgan fingerprint density at radius 2 is 2.14 bits per heavy atom. The average Bonchev–Trinajstić information content (AvgIpc) is 3.46. The number of allylic oxidation sites excluding steroid dienone is 2. The first-order chi connectivity index (χ1) is 14.3. The Morgan fingerprint density at radius 3 is 2.93 bits per heavy atom. The van der Waals surface area contributed by atoms with Gasteiger partial charge in [0.15, 0.2) is 0 Å². The number of rotatable bonds is 9. The Bertz CT molecular complexity index is 899. The standard InChI is InChI=1S/C25H33N3O/c1-3-5-6-7-10-18-11-8-12-21-20(18)15-19(27-21)16-24-25(29-4-2)17-23(28-24)22-13-9-14-26-22/h9,13-18,26,28H,3-8,10-12H2,1-2H3.